The number of hydrogen-bond acceptors (Lipinski definition) is 4. The largest absolute Gasteiger partial charge is 0.339 e. The molecule has 0 fully saturated rings. The Labute approximate surface area is 125 Å². The maximum atomic E-state index is 13.3. The van der Waals surface area contributed by atoms with Crippen LogP contribution in [0.3, 0.4) is 0 Å². The van der Waals surface area contributed by atoms with Gasteiger partial charge in [-0.25, -0.2) is 4.39 Å². The van der Waals surface area contributed by atoms with Crippen LogP contribution in [0.5, 0.6) is 0 Å². The van der Waals surface area contributed by atoms with Crippen LogP contribution < -0.4 is 5.32 Å². The van der Waals surface area contributed by atoms with Crippen LogP contribution in [0.4, 0.5) is 4.39 Å². The first kappa shape index (κ1) is 15.1. The molecule has 0 spiro atoms. The van der Waals surface area contributed by atoms with Crippen LogP contribution in [0.25, 0.3) is 11.4 Å². The standard InChI is InChI=1S/C14H17BrFN3O/c1-3-6-17-9(2)7-13-18-14(19-20-13)11-8-10(16)4-5-12(11)15/h4-5,8-9,17H,3,6-7H2,1-2H3. The van der Waals surface area contributed by atoms with Crippen molar-refractivity contribution in [2.24, 2.45) is 0 Å². The van der Waals surface area contributed by atoms with Gasteiger partial charge in [-0.15, -0.1) is 0 Å². The Hall–Kier alpha value is -1.27. The van der Waals surface area contributed by atoms with Gasteiger partial charge in [-0.2, -0.15) is 4.98 Å². The predicted molar refractivity (Wildman–Crippen MR) is 78.9 cm³/mol. The molecule has 1 atom stereocenters. The van der Waals surface area contributed by atoms with Gasteiger partial charge in [0.05, 0.1) is 0 Å². The minimum absolute atomic E-state index is 0.263. The van der Waals surface area contributed by atoms with Crippen molar-refractivity contribution in [3.05, 3.63) is 34.4 Å². The molecular formula is C14H17BrFN3O. The first-order valence-electron chi connectivity index (χ1n) is 6.61. The van der Waals surface area contributed by atoms with Crippen LogP contribution in [0.1, 0.15) is 26.2 Å². The molecule has 0 aliphatic rings. The first-order chi connectivity index (χ1) is 9.60. The lowest BCUT2D eigenvalue weighted by molar-refractivity contribution is 0.362. The summed E-state index contributed by atoms with van der Waals surface area (Å²) in [5.74, 6) is 0.619. The molecule has 0 aliphatic heterocycles. The molecule has 6 heteroatoms. The highest BCUT2D eigenvalue weighted by Crippen LogP contribution is 2.26. The zero-order valence-corrected chi connectivity index (χ0v) is 13.1. The summed E-state index contributed by atoms with van der Waals surface area (Å²) in [5.41, 5.74) is 0.592. The van der Waals surface area contributed by atoms with Gasteiger partial charge in [0.25, 0.3) is 0 Å². The van der Waals surface area contributed by atoms with E-state index in [0.717, 1.165) is 17.4 Å². The van der Waals surface area contributed by atoms with Crippen LogP contribution in [-0.2, 0) is 6.42 Å². The Kier molecular flexibility index (Phi) is 5.25. The second-order valence-corrected chi connectivity index (χ2v) is 5.55. The number of rotatable bonds is 6. The summed E-state index contributed by atoms with van der Waals surface area (Å²) in [6.07, 6.45) is 1.73. The van der Waals surface area contributed by atoms with Gasteiger partial charge in [0, 0.05) is 22.5 Å². The van der Waals surface area contributed by atoms with E-state index in [4.69, 9.17) is 4.52 Å². The summed E-state index contributed by atoms with van der Waals surface area (Å²) in [5, 5.41) is 7.26. The van der Waals surface area contributed by atoms with Crippen molar-refractivity contribution in [2.45, 2.75) is 32.7 Å². The summed E-state index contributed by atoms with van der Waals surface area (Å²) in [6, 6.07) is 4.66. The SMILES string of the molecule is CCCNC(C)Cc1nc(-c2cc(F)ccc2Br)no1. The minimum Gasteiger partial charge on any atom is -0.339 e. The van der Waals surface area contributed by atoms with Gasteiger partial charge in [0.1, 0.15) is 5.82 Å². The molecule has 2 aromatic rings. The van der Waals surface area contributed by atoms with E-state index in [1.54, 1.807) is 6.07 Å². The van der Waals surface area contributed by atoms with E-state index in [2.05, 4.69) is 45.2 Å². The van der Waals surface area contributed by atoms with Crippen LogP contribution in [-0.4, -0.2) is 22.7 Å². The van der Waals surface area contributed by atoms with Crippen LogP contribution in [0.15, 0.2) is 27.2 Å². The van der Waals surface area contributed by atoms with Gasteiger partial charge >= 0.3 is 0 Å². The van der Waals surface area contributed by atoms with Crippen molar-refractivity contribution in [3.63, 3.8) is 0 Å². The second kappa shape index (κ2) is 6.95. The van der Waals surface area contributed by atoms with Crippen molar-refractivity contribution in [1.29, 1.82) is 0 Å². The van der Waals surface area contributed by atoms with E-state index < -0.39 is 0 Å². The van der Waals surface area contributed by atoms with E-state index in [0.29, 0.717) is 23.7 Å². The topological polar surface area (TPSA) is 51.0 Å². The Morgan fingerprint density at radius 2 is 2.25 bits per heavy atom. The first-order valence-corrected chi connectivity index (χ1v) is 7.41. The van der Waals surface area contributed by atoms with Gasteiger partial charge in [-0.3, -0.25) is 0 Å². The molecule has 4 nitrogen and oxygen atoms in total. The van der Waals surface area contributed by atoms with E-state index in [9.17, 15) is 4.39 Å². The predicted octanol–water partition coefficient (Wildman–Crippen LogP) is 3.57. The number of halogens is 2. The lowest BCUT2D eigenvalue weighted by atomic mass is 10.2. The van der Waals surface area contributed by atoms with E-state index in [-0.39, 0.29) is 11.9 Å². The smallest absolute Gasteiger partial charge is 0.228 e. The fourth-order valence-corrected chi connectivity index (χ4v) is 2.26. The molecular weight excluding hydrogens is 325 g/mol. The Bertz CT molecular complexity index is 573. The third-order valence-corrected chi connectivity index (χ3v) is 3.55. The number of benzene rings is 1. The fraction of sp³-hybridized carbons (Fsp3) is 0.429. The highest BCUT2D eigenvalue weighted by Gasteiger charge is 2.14. The summed E-state index contributed by atoms with van der Waals surface area (Å²) >= 11 is 3.36. The molecule has 0 aliphatic carbocycles. The Balaban J connectivity index is 2.10. The number of nitrogens with one attached hydrogen (secondary N) is 1. The lowest BCUT2D eigenvalue weighted by Gasteiger charge is -2.09. The maximum absolute atomic E-state index is 13.3. The lowest BCUT2D eigenvalue weighted by Crippen LogP contribution is -2.28. The number of aromatic nitrogens is 2. The monoisotopic (exact) mass is 341 g/mol. The molecule has 1 aromatic heterocycles. The van der Waals surface area contributed by atoms with Gasteiger partial charge in [-0.05, 0) is 38.1 Å². The third kappa shape index (κ3) is 3.86. The molecule has 0 radical (unpaired) electrons. The van der Waals surface area contributed by atoms with Gasteiger partial charge in [0.2, 0.25) is 11.7 Å². The normalized spacial score (nSPS) is 12.6. The van der Waals surface area contributed by atoms with Crippen LogP contribution in [0, 0.1) is 5.82 Å². The maximum Gasteiger partial charge on any atom is 0.228 e. The molecule has 20 heavy (non-hydrogen) atoms. The second-order valence-electron chi connectivity index (χ2n) is 4.70. The van der Waals surface area contributed by atoms with Crippen molar-refractivity contribution in [2.75, 3.05) is 6.54 Å². The molecule has 0 saturated carbocycles. The Morgan fingerprint density at radius 3 is 3.00 bits per heavy atom. The number of hydrogen-bond donors (Lipinski definition) is 1. The van der Waals surface area contributed by atoms with E-state index in [1.165, 1.54) is 12.1 Å². The van der Waals surface area contributed by atoms with Gasteiger partial charge in [0.15, 0.2) is 0 Å². The molecule has 0 saturated heterocycles. The third-order valence-electron chi connectivity index (χ3n) is 2.86. The summed E-state index contributed by atoms with van der Waals surface area (Å²) in [7, 11) is 0. The van der Waals surface area contributed by atoms with Gasteiger partial charge < -0.3 is 9.84 Å². The summed E-state index contributed by atoms with van der Waals surface area (Å²) in [6.45, 7) is 5.14. The van der Waals surface area contributed by atoms with Crippen molar-refractivity contribution < 1.29 is 8.91 Å². The van der Waals surface area contributed by atoms with E-state index in [1.807, 2.05) is 0 Å². The highest BCUT2D eigenvalue weighted by atomic mass is 79.9. The average Bonchev–Trinajstić information content (AvgIpc) is 2.87. The van der Waals surface area contributed by atoms with Crippen LogP contribution in [0.2, 0.25) is 0 Å². The quantitative estimate of drug-likeness (QED) is 0.872. The molecule has 2 rings (SSSR count). The Morgan fingerprint density at radius 1 is 1.45 bits per heavy atom. The number of nitrogens with zero attached hydrogens (tertiary/aromatic N) is 2. The molecule has 1 heterocycles. The van der Waals surface area contributed by atoms with E-state index >= 15 is 0 Å². The zero-order chi connectivity index (χ0) is 14.5. The molecule has 1 aromatic carbocycles. The highest BCUT2D eigenvalue weighted by molar-refractivity contribution is 9.10. The molecule has 1 unspecified atom stereocenters. The summed E-state index contributed by atoms with van der Waals surface area (Å²) in [4.78, 5) is 4.32. The van der Waals surface area contributed by atoms with Crippen LogP contribution >= 0.6 is 15.9 Å². The zero-order valence-electron chi connectivity index (χ0n) is 11.5. The molecule has 108 valence electrons. The summed E-state index contributed by atoms with van der Waals surface area (Å²) < 4.78 is 19.2. The van der Waals surface area contributed by atoms with Crippen molar-refractivity contribution in [3.8, 4) is 11.4 Å². The molecule has 1 N–H and O–H groups in total. The van der Waals surface area contributed by atoms with Crippen molar-refractivity contribution >= 4 is 15.9 Å². The molecule has 0 amide bonds. The van der Waals surface area contributed by atoms with Crippen molar-refractivity contribution in [1.82, 2.24) is 15.5 Å². The minimum atomic E-state index is -0.326. The molecule has 0 bridgehead atoms. The van der Waals surface area contributed by atoms with Gasteiger partial charge in [-0.1, -0.05) is 28.0 Å². The average molecular weight is 342 g/mol. The fourth-order valence-electron chi connectivity index (χ4n) is 1.84.